The van der Waals surface area contributed by atoms with Crippen LogP contribution in [0.25, 0.3) is 10.9 Å². The van der Waals surface area contributed by atoms with E-state index in [-0.39, 0.29) is 0 Å². The summed E-state index contributed by atoms with van der Waals surface area (Å²) in [4.78, 5) is 3.27. The summed E-state index contributed by atoms with van der Waals surface area (Å²) in [6.45, 7) is 9.09. The summed E-state index contributed by atoms with van der Waals surface area (Å²) >= 11 is 0. The third-order valence-corrected chi connectivity index (χ3v) is 5.41. The van der Waals surface area contributed by atoms with Gasteiger partial charge in [-0.2, -0.15) is 0 Å². The van der Waals surface area contributed by atoms with E-state index in [1.807, 2.05) is 0 Å². The summed E-state index contributed by atoms with van der Waals surface area (Å²) in [5, 5.41) is 1.35. The molecule has 0 unspecified atom stereocenters. The molecule has 0 amide bonds. The molecule has 1 heteroatoms. The van der Waals surface area contributed by atoms with E-state index >= 15 is 0 Å². The lowest BCUT2D eigenvalue weighted by Gasteiger charge is -2.18. The zero-order valence-corrected chi connectivity index (χ0v) is 15.7. The van der Waals surface area contributed by atoms with Crippen LogP contribution in [-0.2, 0) is 0 Å². The van der Waals surface area contributed by atoms with Crippen LogP contribution in [0, 0.1) is 5.92 Å². The molecule has 2 aliphatic rings. The molecule has 0 atom stereocenters. The van der Waals surface area contributed by atoms with Crippen molar-refractivity contribution in [2.24, 2.45) is 5.92 Å². The third kappa shape index (κ3) is 3.50. The van der Waals surface area contributed by atoms with Gasteiger partial charge in [0, 0.05) is 17.1 Å². The largest absolute Gasteiger partial charge is 0.361 e. The van der Waals surface area contributed by atoms with Crippen LogP contribution in [0.3, 0.4) is 0 Å². The molecule has 0 aliphatic heterocycles. The van der Waals surface area contributed by atoms with E-state index in [9.17, 15) is 0 Å². The molecule has 0 bridgehead atoms. The molecule has 2 aromatic rings. The van der Waals surface area contributed by atoms with Gasteiger partial charge in [-0.1, -0.05) is 57.5 Å². The number of para-hydroxylation sites is 1. The molecular formula is C23H31N. The molecule has 0 radical (unpaired) electrons. The van der Waals surface area contributed by atoms with Crippen molar-refractivity contribution in [3.8, 4) is 0 Å². The molecule has 0 spiro atoms. The van der Waals surface area contributed by atoms with E-state index < -0.39 is 0 Å². The second kappa shape index (κ2) is 7.42. The Morgan fingerprint density at radius 3 is 2.42 bits per heavy atom. The lowest BCUT2D eigenvalue weighted by atomic mass is 9.87. The number of hydrogen-bond donors (Lipinski definition) is 1. The molecule has 0 saturated heterocycles. The number of allylic oxidation sites excluding steroid dienone is 4. The summed E-state index contributed by atoms with van der Waals surface area (Å²) in [5.41, 5.74) is 7.79. The Labute approximate surface area is 146 Å². The second-order valence-electron chi connectivity index (χ2n) is 7.74. The quantitative estimate of drug-likeness (QED) is 0.605. The van der Waals surface area contributed by atoms with Gasteiger partial charge in [0.2, 0.25) is 0 Å². The highest BCUT2D eigenvalue weighted by atomic mass is 14.7. The van der Waals surface area contributed by atoms with Crippen LogP contribution in [0.4, 0.5) is 0 Å². The maximum atomic E-state index is 3.27. The molecule has 1 heterocycles. The Hall–Kier alpha value is -1.76. The van der Waals surface area contributed by atoms with Gasteiger partial charge in [0.05, 0.1) is 0 Å². The summed E-state index contributed by atoms with van der Waals surface area (Å²) in [5.74, 6) is 1.37. The number of benzene rings is 1. The van der Waals surface area contributed by atoms with Crippen molar-refractivity contribution in [3.05, 3.63) is 58.8 Å². The minimum atomic E-state index is 0.598. The molecule has 1 aromatic heterocycles. The summed E-state index contributed by atoms with van der Waals surface area (Å²) < 4.78 is 0. The van der Waals surface area contributed by atoms with E-state index in [1.54, 1.807) is 16.7 Å². The molecule has 1 fully saturated rings. The van der Waals surface area contributed by atoms with Gasteiger partial charge in [0.25, 0.3) is 0 Å². The number of aromatic nitrogens is 1. The average Bonchev–Trinajstić information content (AvgIpc) is 3.19. The van der Waals surface area contributed by atoms with E-state index in [0.717, 1.165) is 5.92 Å². The fourth-order valence-corrected chi connectivity index (χ4v) is 4.03. The fraction of sp³-hybridized carbons (Fsp3) is 0.478. The molecule has 1 aromatic carbocycles. The lowest BCUT2D eigenvalue weighted by molar-refractivity contribution is 0.661. The summed E-state index contributed by atoms with van der Waals surface area (Å²) in [7, 11) is 0. The predicted octanol–water partition coefficient (Wildman–Crippen LogP) is 7.13. The van der Waals surface area contributed by atoms with Crippen LogP contribution in [0.2, 0.25) is 0 Å². The number of fused-ring (bicyclic) bond motifs is 2. The first-order valence-electron chi connectivity index (χ1n) is 9.55. The van der Waals surface area contributed by atoms with Crippen molar-refractivity contribution in [1.29, 1.82) is 0 Å². The van der Waals surface area contributed by atoms with Crippen molar-refractivity contribution in [2.75, 3.05) is 0 Å². The van der Waals surface area contributed by atoms with Crippen LogP contribution < -0.4 is 0 Å². The fourth-order valence-electron chi connectivity index (χ4n) is 4.03. The number of nitrogens with one attached hydrogen (secondary N) is 1. The molecule has 2 aliphatic carbocycles. The van der Waals surface area contributed by atoms with Gasteiger partial charge in [-0.3, -0.25) is 0 Å². The Kier molecular flexibility index (Phi) is 5.28. The second-order valence-corrected chi connectivity index (χ2v) is 7.74. The number of rotatable bonds is 2. The molecule has 24 heavy (non-hydrogen) atoms. The highest BCUT2D eigenvalue weighted by Gasteiger charge is 2.21. The zero-order chi connectivity index (χ0) is 17.1. The SMILES string of the molecule is CC(C)C1=C2CCCCC2=CC1.CC(C)c1c[nH]c2ccccc12. The Morgan fingerprint density at radius 2 is 1.67 bits per heavy atom. The third-order valence-electron chi connectivity index (χ3n) is 5.41. The van der Waals surface area contributed by atoms with Crippen molar-refractivity contribution >= 4 is 10.9 Å². The van der Waals surface area contributed by atoms with Gasteiger partial charge in [0.15, 0.2) is 0 Å². The lowest BCUT2D eigenvalue weighted by Crippen LogP contribution is -2.00. The maximum absolute atomic E-state index is 3.27. The first-order valence-corrected chi connectivity index (χ1v) is 9.55. The predicted molar refractivity (Wildman–Crippen MR) is 105 cm³/mol. The first-order chi connectivity index (χ1) is 11.6. The number of H-pyrrole nitrogens is 1. The monoisotopic (exact) mass is 321 g/mol. The minimum absolute atomic E-state index is 0.598. The Bertz CT molecular complexity index is 755. The van der Waals surface area contributed by atoms with Crippen LogP contribution in [0.1, 0.15) is 71.3 Å². The van der Waals surface area contributed by atoms with Crippen LogP contribution >= 0.6 is 0 Å². The smallest absolute Gasteiger partial charge is 0.0456 e. The van der Waals surface area contributed by atoms with Gasteiger partial charge in [-0.15, -0.1) is 0 Å². The first kappa shape index (κ1) is 17.1. The van der Waals surface area contributed by atoms with Gasteiger partial charge in [0.1, 0.15) is 0 Å². The van der Waals surface area contributed by atoms with E-state index in [1.165, 1.54) is 48.6 Å². The topological polar surface area (TPSA) is 15.8 Å². The summed E-state index contributed by atoms with van der Waals surface area (Å²) in [6, 6.07) is 8.42. The van der Waals surface area contributed by atoms with E-state index in [4.69, 9.17) is 0 Å². The van der Waals surface area contributed by atoms with Crippen LogP contribution in [-0.4, -0.2) is 4.98 Å². The highest BCUT2D eigenvalue weighted by Crippen LogP contribution is 2.39. The minimum Gasteiger partial charge on any atom is -0.361 e. The van der Waals surface area contributed by atoms with Gasteiger partial charge >= 0.3 is 0 Å². The average molecular weight is 322 g/mol. The highest BCUT2D eigenvalue weighted by molar-refractivity contribution is 5.83. The van der Waals surface area contributed by atoms with Crippen molar-refractivity contribution in [3.63, 3.8) is 0 Å². The molecule has 1 N–H and O–H groups in total. The van der Waals surface area contributed by atoms with Crippen LogP contribution in [0.5, 0.6) is 0 Å². The Morgan fingerprint density at radius 1 is 0.917 bits per heavy atom. The Balaban J connectivity index is 0.000000141. The van der Waals surface area contributed by atoms with Crippen molar-refractivity contribution in [2.45, 2.75) is 65.7 Å². The molecule has 1 nitrogen and oxygen atoms in total. The maximum Gasteiger partial charge on any atom is 0.0456 e. The van der Waals surface area contributed by atoms with Gasteiger partial charge < -0.3 is 4.98 Å². The van der Waals surface area contributed by atoms with E-state index in [0.29, 0.717) is 5.92 Å². The zero-order valence-electron chi connectivity index (χ0n) is 15.7. The molecular weight excluding hydrogens is 290 g/mol. The van der Waals surface area contributed by atoms with Crippen molar-refractivity contribution in [1.82, 2.24) is 4.98 Å². The number of hydrogen-bond acceptors (Lipinski definition) is 0. The van der Waals surface area contributed by atoms with Gasteiger partial charge in [-0.05, 0) is 66.7 Å². The van der Waals surface area contributed by atoms with Crippen molar-refractivity contribution < 1.29 is 0 Å². The van der Waals surface area contributed by atoms with Gasteiger partial charge in [-0.25, -0.2) is 0 Å². The van der Waals surface area contributed by atoms with Crippen LogP contribution in [0.15, 0.2) is 53.3 Å². The summed E-state index contributed by atoms with van der Waals surface area (Å²) in [6.07, 6.45) is 11.4. The number of aromatic amines is 1. The van der Waals surface area contributed by atoms with E-state index in [2.05, 4.69) is 69.2 Å². The normalized spacial score (nSPS) is 17.2. The standard InChI is InChI=1S/C12H18.C11H13N/c1-9(2)11-8-7-10-5-3-4-6-12(10)11;1-8(2)10-7-12-11-6-4-3-5-9(10)11/h7,9H,3-6,8H2,1-2H3;3-8,12H,1-2H3. The molecule has 1 saturated carbocycles. The molecule has 4 rings (SSSR count). The molecule has 128 valence electrons.